The molecule has 0 aliphatic rings. The van der Waals surface area contributed by atoms with Crippen LogP contribution in [0.15, 0.2) is 34.7 Å². The van der Waals surface area contributed by atoms with Gasteiger partial charge in [-0.15, -0.1) is 0 Å². The number of furan rings is 1. The van der Waals surface area contributed by atoms with Gasteiger partial charge in [0, 0.05) is 13.6 Å². The molecular formula is C16H16F3NO2. The summed E-state index contributed by atoms with van der Waals surface area (Å²) in [6, 6.07) is 6.83. The number of rotatable bonds is 3. The molecule has 1 aromatic carbocycles. The lowest BCUT2D eigenvalue weighted by molar-refractivity contribution is -0.138. The first-order valence-electron chi connectivity index (χ1n) is 6.67. The van der Waals surface area contributed by atoms with E-state index in [0.717, 1.165) is 6.07 Å². The summed E-state index contributed by atoms with van der Waals surface area (Å²) in [5, 5.41) is 0. The first-order chi connectivity index (χ1) is 10.2. The van der Waals surface area contributed by atoms with Gasteiger partial charge in [0.15, 0.2) is 0 Å². The van der Waals surface area contributed by atoms with Crippen molar-refractivity contribution in [2.75, 3.05) is 7.05 Å². The van der Waals surface area contributed by atoms with Gasteiger partial charge < -0.3 is 9.32 Å². The lowest BCUT2D eigenvalue weighted by Crippen LogP contribution is -2.27. The number of hydrogen-bond donors (Lipinski definition) is 0. The van der Waals surface area contributed by atoms with Gasteiger partial charge in [0.05, 0.1) is 11.1 Å². The Morgan fingerprint density at radius 3 is 2.41 bits per heavy atom. The zero-order valence-corrected chi connectivity index (χ0v) is 12.5. The molecule has 3 nitrogen and oxygen atoms in total. The second-order valence-corrected chi connectivity index (χ2v) is 5.14. The number of hydrogen-bond acceptors (Lipinski definition) is 2. The Labute approximate surface area is 126 Å². The Bertz CT molecular complexity index is 689. The summed E-state index contributed by atoms with van der Waals surface area (Å²) in [7, 11) is 1.47. The van der Waals surface area contributed by atoms with Crippen LogP contribution in [0.25, 0.3) is 0 Å². The zero-order valence-electron chi connectivity index (χ0n) is 12.5. The van der Waals surface area contributed by atoms with E-state index in [4.69, 9.17) is 4.42 Å². The summed E-state index contributed by atoms with van der Waals surface area (Å²) in [5.74, 6) is 0.676. The molecule has 6 heteroatoms. The smallest absolute Gasteiger partial charge is 0.416 e. The molecule has 0 aliphatic heterocycles. The number of alkyl halides is 3. The van der Waals surface area contributed by atoms with E-state index in [0.29, 0.717) is 17.1 Å². The predicted octanol–water partition coefficient (Wildman–Crippen LogP) is 4.19. The largest absolute Gasteiger partial charge is 0.466 e. The van der Waals surface area contributed by atoms with Gasteiger partial charge in [-0.2, -0.15) is 13.2 Å². The maximum absolute atomic E-state index is 13.0. The van der Waals surface area contributed by atoms with Gasteiger partial charge in [-0.3, -0.25) is 4.79 Å². The number of carbonyl (C=O) groups is 1. The molecule has 1 heterocycles. The molecule has 2 aromatic rings. The average Bonchev–Trinajstić information content (AvgIpc) is 2.76. The minimum atomic E-state index is -4.44. The number of benzene rings is 1. The third kappa shape index (κ3) is 3.32. The summed E-state index contributed by atoms with van der Waals surface area (Å²) < 4.78 is 44.2. The third-order valence-electron chi connectivity index (χ3n) is 3.35. The van der Waals surface area contributed by atoms with Crippen molar-refractivity contribution in [2.24, 2.45) is 0 Å². The normalized spacial score (nSPS) is 11.5. The molecule has 0 radical (unpaired) electrons. The Kier molecular flexibility index (Phi) is 4.30. The lowest BCUT2D eigenvalue weighted by atomic mass is 10.1. The molecule has 22 heavy (non-hydrogen) atoms. The van der Waals surface area contributed by atoms with E-state index in [9.17, 15) is 18.0 Å². The van der Waals surface area contributed by atoms with Crippen LogP contribution in [0.5, 0.6) is 0 Å². The van der Waals surface area contributed by atoms with Gasteiger partial charge in [0.25, 0.3) is 5.91 Å². The number of carbonyl (C=O) groups excluding carboxylic acids is 1. The van der Waals surface area contributed by atoms with E-state index in [1.807, 2.05) is 0 Å². The van der Waals surface area contributed by atoms with Crippen molar-refractivity contribution in [1.29, 1.82) is 0 Å². The Hall–Kier alpha value is -2.24. The Morgan fingerprint density at radius 2 is 1.86 bits per heavy atom. The SMILES string of the molecule is Cc1cc(C(=O)N(C)Cc2ccccc2C(F)(F)F)c(C)o1. The zero-order chi connectivity index (χ0) is 16.5. The average molecular weight is 311 g/mol. The Morgan fingerprint density at radius 1 is 1.23 bits per heavy atom. The highest BCUT2D eigenvalue weighted by molar-refractivity contribution is 5.95. The van der Waals surface area contributed by atoms with Gasteiger partial charge in [0.1, 0.15) is 11.5 Å². The van der Waals surface area contributed by atoms with E-state index in [-0.39, 0.29) is 18.0 Å². The number of halogens is 3. The van der Waals surface area contributed by atoms with E-state index in [1.165, 1.54) is 30.1 Å². The summed E-state index contributed by atoms with van der Waals surface area (Å²) in [4.78, 5) is 13.6. The molecule has 0 saturated carbocycles. The van der Waals surface area contributed by atoms with Crippen molar-refractivity contribution in [3.8, 4) is 0 Å². The van der Waals surface area contributed by atoms with E-state index in [2.05, 4.69) is 0 Å². The number of aryl methyl sites for hydroxylation is 2. The molecule has 1 aromatic heterocycles. The van der Waals surface area contributed by atoms with Crippen LogP contribution in [0.3, 0.4) is 0 Å². The second kappa shape index (κ2) is 5.87. The first kappa shape index (κ1) is 16.1. The van der Waals surface area contributed by atoms with Crippen molar-refractivity contribution in [1.82, 2.24) is 4.90 Å². The monoisotopic (exact) mass is 311 g/mol. The van der Waals surface area contributed by atoms with Crippen molar-refractivity contribution >= 4 is 5.91 Å². The highest BCUT2D eigenvalue weighted by atomic mass is 19.4. The molecule has 0 atom stereocenters. The third-order valence-corrected chi connectivity index (χ3v) is 3.35. The standard InChI is InChI=1S/C16H16F3NO2/c1-10-8-13(11(2)22-10)15(21)20(3)9-12-6-4-5-7-14(12)16(17,18)19/h4-8H,9H2,1-3H3. The van der Waals surface area contributed by atoms with Gasteiger partial charge in [0.2, 0.25) is 0 Å². The molecule has 0 N–H and O–H groups in total. The highest BCUT2D eigenvalue weighted by Gasteiger charge is 2.33. The van der Waals surface area contributed by atoms with Crippen LogP contribution in [-0.2, 0) is 12.7 Å². The van der Waals surface area contributed by atoms with Gasteiger partial charge in [-0.1, -0.05) is 18.2 Å². The topological polar surface area (TPSA) is 33.5 Å². The molecule has 0 saturated heterocycles. The van der Waals surface area contributed by atoms with Crippen LogP contribution in [0.4, 0.5) is 13.2 Å². The number of amides is 1. The van der Waals surface area contributed by atoms with E-state index in [1.54, 1.807) is 19.9 Å². The van der Waals surface area contributed by atoms with Crippen molar-refractivity contribution in [2.45, 2.75) is 26.6 Å². The van der Waals surface area contributed by atoms with Crippen LogP contribution in [0.1, 0.15) is 33.0 Å². The summed E-state index contributed by atoms with van der Waals surface area (Å²) in [6.07, 6.45) is -4.44. The van der Waals surface area contributed by atoms with Crippen LogP contribution < -0.4 is 0 Å². The fraction of sp³-hybridized carbons (Fsp3) is 0.312. The van der Waals surface area contributed by atoms with E-state index >= 15 is 0 Å². The fourth-order valence-corrected chi connectivity index (χ4v) is 2.31. The van der Waals surface area contributed by atoms with Crippen LogP contribution in [0.2, 0.25) is 0 Å². The molecule has 0 spiro atoms. The van der Waals surface area contributed by atoms with Crippen LogP contribution in [0, 0.1) is 13.8 Å². The van der Waals surface area contributed by atoms with Crippen LogP contribution in [-0.4, -0.2) is 17.9 Å². The van der Waals surface area contributed by atoms with Gasteiger partial charge in [-0.05, 0) is 31.5 Å². The summed E-state index contributed by atoms with van der Waals surface area (Å²) in [5.41, 5.74) is -0.303. The summed E-state index contributed by atoms with van der Waals surface area (Å²) in [6.45, 7) is 3.23. The quantitative estimate of drug-likeness (QED) is 0.851. The maximum Gasteiger partial charge on any atom is 0.416 e. The second-order valence-electron chi connectivity index (χ2n) is 5.14. The van der Waals surface area contributed by atoms with Gasteiger partial charge in [-0.25, -0.2) is 0 Å². The molecule has 1 amide bonds. The molecule has 2 rings (SSSR count). The maximum atomic E-state index is 13.0. The van der Waals surface area contributed by atoms with Crippen LogP contribution >= 0.6 is 0 Å². The minimum absolute atomic E-state index is 0.0590. The molecule has 0 aliphatic carbocycles. The minimum Gasteiger partial charge on any atom is -0.466 e. The summed E-state index contributed by atoms with van der Waals surface area (Å²) >= 11 is 0. The fourth-order valence-electron chi connectivity index (χ4n) is 2.31. The molecular weight excluding hydrogens is 295 g/mol. The first-order valence-corrected chi connectivity index (χ1v) is 6.67. The van der Waals surface area contributed by atoms with Crippen molar-refractivity contribution < 1.29 is 22.4 Å². The number of nitrogens with zero attached hydrogens (tertiary/aromatic N) is 1. The predicted molar refractivity (Wildman–Crippen MR) is 75.4 cm³/mol. The van der Waals surface area contributed by atoms with Crippen molar-refractivity contribution in [3.05, 3.63) is 58.5 Å². The lowest BCUT2D eigenvalue weighted by Gasteiger charge is -2.20. The highest BCUT2D eigenvalue weighted by Crippen LogP contribution is 2.32. The molecule has 0 fully saturated rings. The Balaban J connectivity index is 2.24. The molecule has 0 unspecified atom stereocenters. The molecule has 118 valence electrons. The van der Waals surface area contributed by atoms with Crippen molar-refractivity contribution in [3.63, 3.8) is 0 Å². The molecule has 0 bridgehead atoms. The van der Waals surface area contributed by atoms with E-state index < -0.39 is 11.7 Å². The van der Waals surface area contributed by atoms with Gasteiger partial charge >= 0.3 is 6.18 Å².